The van der Waals surface area contributed by atoms with Crippen LogP contribution in [0.25, 0.3) is 0 Å². The monoisotopic (exact) mass is 261 g/mol. The van der Waals surface area contributed by atoms with Gasteiger partial charge in [0.15, 0.2) is 0 Å². The van der Waals surface area contributed by atoms with Crippen LogP contribution < -0.4 is 5.32 Å². The van der Waals surface area contributed by atoms with Crippen molar-refractivity contribution in [2.24, 2.45) is 7.05 Å². The number of hydrogen-bond donors (Lipinski definition) is 1. The molecule has 1 unspecified atom stereocenters. The number of nitrogens with one attached hydrogen (secondary N) is 1. The van der Waals surface area contributed by atoms with Crippen molar-refractivity contribution in [3.8, 4) is 0 Å². The third-order valence-electron chi connectivity index (χ3n) is 2.30. The van der Waals surface area contributed by atoms with Crippen LogP contribution >= 0.6 is 23.4 Å². The fourth-order valence-corrected chi connectivity index (χ4v) is 2.73. The van der Waals surface area contributed by atoms with Crippen LogP contribution in [0.4, 0.5) is 0 Å². The van der Waals surface area contributed by atoms with Gasteiger partial charge in [0, 0.05) is 17.5 Å². The molecular formula is C11H20ClN3S. The van der Waals surface area contributed by atoms with E-state index in [4.69, 9.17) is 11.6 Å². The van der Waals surface area contributed by atoms with Crippen molar-refractivity contribution in [2.45, 2.75) is 31.6 Å². The van der Waals surface area contributed by atoms with Crippen molar-refractivity contribution in [1.29, 1.82) is 0 Å². The zero-order chi connectivity index (χ0) is 12.3. The Morgan fingerprint density at radius 3 is 2.56 bits per heavy atom. The lowest BCUT2D eigenvalue weighted by atomic mass is 10.2. The van der Waals surface area contributed by atoms with Crippen molar-refractivity contribution >= 4 is 23.4 Å². The predicted molar refractivity (Wildman–Crippen MR) is 72.2 cm³/mol. The first-order chi connectivity index (χ1) is 7.35. The molecule has 0 aliphatic rings. The number of aryl methyl sites for hydroxylation is 1. The molecule has 1 aromatic rings. The number of halogens is 1. The van der Waals surface area contributed by atoms with Gasteiger partial charge in [-0.05, 0) is 7.05 Å². The number of hydrogen-bond acceptors (Lipinski definition) is 3. The molecule has 0 aromatic carbocycles. The van der Waals surface area contributed by atoms with Crippen LogP contribution in [-0.2, 0) is 7.05 Å². The molecule has 1 heterocycles. The summed E-state index contributed by atoms with van der Waals surface area (Å²) >= 11 is 8.06. The molecule has 0 amide bonds. The molecule has 1 atom stereocenters. The lowest BCUT2D eigenvalue weighted by Crippen LogP contribution is -2.24. The summed E-state index contributed by atoms with van der Waals surface area (Å²) in [6, 6.07) is 0.240. The molecule has 0 aliphatic carbocycles. The van der Waals surface area contributed by atoms with E-state index in [1.165, 1.54) is 0 Å². The molecule has 16 heavy (non-hydrogen) atoms. The normalized spacial score (nSPS) is 14.1. The largest absolute Gasteiger partial charge is 0.311 e. The fraction of sp³-hybridized carbons (Fsp3) is 0.727. The van der Waals surface area contributed by atoms with Gasteiger partial charge in [0.05, 0.1) is 23.0 Å². The van der Waals surface area contributed by atoms with Gasteiger partial charge in [-0.25, -0.2) is 0 Å². The van der Waals surface area contributed by atoms with E-state index in [2.05, 4.69) is 31.2 Å². The lowest BCUT2D eigenvalue weighted by molar-refractivity contribution is 0.584. The van der Waals surface area contributed by atoms with Crippen LogP contribution in [0, 0.1) is 0 Å². The Bertz CT molecular complexity index is 324. The van der Waals surface area contributed by atoms with Gasteiger partial charge in [0.25, 0.3) is 0 Å². The highest BCUT2D eigenvalue weighted by Gasteiger charge is 2.20. The molecule has 0 saturated carbocycles. The molecule has 1 N–H and O–H groups in total. The average molecular weight is 262 g/mol. The molecule has 0 saturated heterocycles. The van der Waals surface area contributed by atoms with Crippen molar-refractivity contribution in [2.75, 3.05) is 12.8 Å². The third-order valence-corrected chi connectivity index (χ3v) is 3.96. The smallest absolute Gasteiger partial charge is 0.0834 e. The Morgan fingerprint density at radius 1 is 1.56 bits per heavy atom. The van der Waals surface area contributed by atoms with Gasteiger partial charge in [-0.3, -0.25) is 4.68 Å². The van der Waals surface area contributed by atoms with E-state index in [9.17, 15) is 0 Å². The van der Waals surface area contributed by atoms with Crippen molar-refractivity contribution in [3.05, 3.63) is 16.9 Å². The van der Waals surface area contributed by atoms with Crippen molar-refractivity contribution in [3.63, 3.8) is 0 Å². The Hall–Kier alpha value is -0.190. The number of rotatable bonds is 4. The second kappa shape index (κ2) is 5.43. The molecule has 92 valence electrons. The summed E-state index contributed by atoms with van der Waals surface area (Å²) in [7, 11) is 3.88. The molecule has 0 bridgehead atoms. The zero-order valence-electron chi connectivity index (χ0n) is 10.5. The minimum Gasteiger partial charge on any atom is -0.311 e. The highest BCUT2D eigenvalue weighted by atomic mass is 35.5. The highest BCUT2D eigenvalue weighted by Crippen LogP contribution is 2.30. The third kappa shape index (κ3) is 3.68. The summed E-state index contributed by atoms with van der Waals surface area (Å²) in [5, 5.41) is 8.19. The topological polar surface area (TPSA) is 29.9 Å². The first kappa shape index (κ1) is 13.9. The maximum absolute atomic E-state index is 6.14. The first-order valence-electron chi connectivity index (χ1n) is 5.34. The standard InChI is InChI=1S/C11H20ClN3S/c1-11(2,3)16-7-9(13-4)10-8(12)6-14-15(10)5/h6,9,13H,7H2,1-5H3. The van der Waals surface area contributed by atoms with Crippen LogP contribution in [0.3, 0.4) is 0 Å². The summed E-state index contributed by atoms with van der Waals surface area (Å²) < 4.78 is 2.10. The van der Waals surface area contributed by atoms with Crippen LogP contribution in [0.5, 0.6) is 0 Å². The number of aromatic nitrogens is 2. The number of nitrogens with zero attached hydrogens (tertiary/aromatic N) is 2. The van der Waals surface area contributed by atoms with Crippen molar-refractivity contribution < 1.29 is 0 Å². The SMILES string of the molecule is CNC(CSC(C)(C)C)c1c(Cl)cnn1C. The fourth-order valence-electron chi connectivity index (χ4n) is 1.44. The summed E-state index contributed by atoms with van der Waals surface area (Å²) in [5.74, 6) is 0.985. The van der Waals surface area contributed by atoms with Crippen LogP contribution in [0.15, 0.2) is 6.20 Å². The highest BCUT2D eigenvalue weighted by molar-refractivity contribution is 8.00. The molecule has 5 heteroatoms. The Morgan fingerprint density at radius 2 is 2.19 bits per heavy atom. The molecule has 3 nitrogen and oxygen atoms in total. The predicted octanol–water partition coefficient (Wildman–Crippen LogP) is 2.87. The van der Waals surface area contributed by atoms with Gasteiger partial charge in [0.1, 0.15) is 0 Å². The quantitative estimate of drug-likeness (QED) is 0.904. The second-order valence-electron chi connectivity index (χ2n) is 4.77. The second-order valence-corrected chi connectivity index (χ2v) is 7.02. The van der Waals surface area contributed by atoms with E-state index < -0.39 is 0 Å². The molecule has 0 fully saturated rings. The molecular weight excluding hydrogens is 242 g/mol. The van der Waals surface area contributed by atoms with E-state index in [-0.39, 0.29) is 10.8 Å². The van der Waals surface area contributed by atoms with E-state index in [1.807, 2.05) is 30.5 Å². The van der Waals surface area contributed by atoms with Gasteiger partial charge in [-0.2, -0.15) is 16.9 Å². The Balaban J connectivity index is 2.75. The van der Waals surface area contributed by atoms with Gasteiger partial charge in [-0.1, -0.05) is 32.4 Å². The van der Waals surface area contributed by atoms with Crippen LogP contribution in [0.1, 0.15) is 32.5 Å². The molecule has 1 rings (SSSR count). The molecule has 0 spiro atoms. The summed E-state index contributed by atoms with van der Waals surface area (Å²) in [5.41, 5.74) is 1.06. The minimum atomic E-state index is 0.240. The summed E-state index contributed by atoms with van der Waals surface area (Å²) in [6.45, 7) is 6.65. The van der Waals surface area contributed by atoms with E-state index in [1.54, 1.807) is 6.20 Å². The van der Waals surface area contributed by atoms with E-state index >= 15 is 0 Å². The summed E-state index contributed by atoms with van der Waals surface area (Å²) in [4.78, 5) is 0. The maximum Gasteiger partial charge on any atom is 0.0834 e. The number of thioether (sulfide) groups is 1. The Kier molecular flexibility index (Phi) is 4.71. The van der Waals surface area contributed by atoms with E-state index in [0.29, 0.717) is 0 Å². The van der Waals surface area contributed by atoms with Crippen LogP contribution in [-0.4, -0.2) is 27.3 Å². The first-order valence-corrected chi connectivity index (χ1v) is 6.70. The lowest BCUT2D eigenvalue weighted by Gasteiger charge is -2.23. The zero-order valence-corrected chi connectivity index (χ0v) is 12.1. The van der Waals surface area contributed by atoms with Gasteiger partial charge in [0.2, 0.25) is 0 Å². The summed E-state index contributed by atoms with van der Waals surface area (Å²) in [6.07, 6.45) is 1.70. The molecule has 0 radical (unpaired) electrons. The van der Waals surface area contributed by atoms with Gasteiger partial charge < -0.3 is 5.32 Å². The average Bonchev–Trinajstić information content (AvgIpc) is 2.48. The van der Waals surface area contributed by atoms with Gasteiger partial charge in [-0.15, -0.1) is 0 Å². The van der Waals surface area contributed by atoms with Gasteiger partial charge >= 0.3 is 0 Å². The van der Waals surface area contributed by atoms with Crippen molar-refractivity contribution in [1.82, 2.24) is 15.1 Å². The Labute approximate surface area is 107 Å². The van der Waals surface area contributed by atoms with E-state index in [0.717, 1.165) is 16.5 Å². The minimum absolute atomic E-state index is 0.240. The molecule has 1 aromatic heterocycles. The van der Waals surface area contributed by atoms with Crippen LogP contribution in [0.2, 0.25) is 5.02 Å². The maximum atomic E-state index is 6.14. The molecule has 0 aliphatic heterocycles.